The molecule has 2 heterocycles. The van der Waals surface area contributed by atoms with Crippen molar-refractivity contribution in [2.45, 2.75) is 31.8 Å². The zero-order valence-electron chi connectivity index (χ0n) is 10.9. The molecule has 4 N–H and O–H groups in total. The summed E-state index contributed by atoms with van der Waals surface area (Å²) in [6, 6.07) is 0. The van der Waals surface area contributed by atoms with Crippen LogP contribution in [0, 0.1) is 5.92 Å². The van der Waals surface area contributed by atoms with E-state index in [4.69, 9.17) is 5.73 Å². The van der Waals surface area contributed by atoms with E-state index in [0.717, 1.165) is 38.8 Å². The number of nitrogens with one attached hydrogen (secondary N) is 1. The summed E-state index contributed by atoms with van der Waals surface area (Å²) in [5, 5.41) is 12.9. The molecular weight excluding hydrogens is 244 g/mol. The van der Waals surface area contributed by atoms with Crippen molar-refractivity contribution in [3.8, 4) is 0 Å². The van der Waals surface area contributed by atoms with Gasteiger partial charge in [-0.05, 0) is 31.6 Å². The van der Waals surface area contributed by atoms with E-state index in [9.17, 15) is 5.11 Å². The Balaban J connectivity index is 1.66. The lowest BCUT2D eigenvalue weighted by atomic mass is 10.2. The third kappa shape index (κ3) is 3.04. The van der Waals surface area contributed by atoms with Crippen molar-refractivity contribution in [3.63, 3.8) is 0 Å². The van der Waals surface area contributed by atoms with Crippen LogP contribution in [-0.4, -0.2) is 45.8 Å². The molecule has 2 fully saturated rings. The highest BCUT2D eigenvalue weighted by Crippen LogP contribution is 2.32. The minimum Gasteiger partial charge on any atom is -0.391 e. The molecule has 3 rings (SSSR count). The van der Waals surface area contributed by atoms with Crippen LogP contribution in [0.15, 0.2) is 0 Å². The van der Waals surface area contributed by atoms with E-state index in [0.29, 0.717) is 24.4 Å². The maximum atomic E-state index is 9.83. The Morgan fingerprint density at radius 2 is 2.00 bits per heavy atom. The lowest BCUT2D eigenvalue weighted by Crippen LogP contribution is -2.25. The number of anilines is 3. The molecule has 1 aliphatic heterocycles. The maximum absolute atomic E-state index is 9.83. The van der Waals surface area contributed by atoms with E-state index in [1.54, 1.807) is 0 Å². The molecule has 2 aliphatic rings. The van der Waals surface area contributed by atoms with Gasteiger partial charge in [-0.1, -0.05) is 0 Å². The largest absolute Gasteiger partial charge is 0.391 e. The van der Waals surface area contributed by atoms with Crippen molar-refractivity contribution < 1.29 is 5.11 Å². The molecule has 0 spiro atoms. The first-order chi connectivity index (χ1) is 9.22. The Morgan fingerprint density at radius 1 is 1.26 bits per heavy atom. The first-order valence-corrected chi connectivity index (χ1v) is 6.91. The fourth-order valence-corrected chi connectivity index (χ4v) is 2.36. The summed E-state index contributed by atoms with van der Waals surface area (Å²) in [4.78, 5) is 14.7. The van der Waals surface area contributed by atoms with Gasteiger partial charge in [0.25, 0.3) is 0 Å². The van der Waals surface area contributed by atoms with Gasteiger partial charge in [0, 0.05) is 19.6 Å². The van der Waals surface area contributed by atoms with Crippen molar-refractivity contribution in [3.05, 3.63) is 0 Å². The van der Waals surface area contributed by atoms with E-state index in [-0.39, 0.29) is 12.1 Å². The normalized spacial score (nSPS) is 20.6. The fourth-order valence-electron chi connectivity index (χ4n) is 2.36. The summed E-state index contributed by atoms with van der Waals surface area (Å²) in [6.07, 6.45) is 4.22. The predicted octanol–water partition coefficient (Wildman–Crippen LogP) is 0.237. The molecule has 104 valence electrons. The van der Waals surface area contributed by atoms with E-state index in [1.165, 1.54) is 0 Å². The second-order valence-electron chi connectivity index (χ2n) is 5.30. The Kier molecular flexibility index (Phi) is 3.37. The number of nitrogens with zero attached hydrogens (tertiary/aromatic N) is 4. The Bertz CT molecular complexity index is 444. The van der Waals surface area contributed by atoms with Gasteiger partial charge in [0.2, 0.25) is 17.8 Å². The summed E-state index contributed by atoms with van der Waals surface area (Å²) >= 11 is 0. The molecule has 1 saturated heterocycles. The monoisotopic (exact) mass is 264 g/mol. The van der Waals surface area contributed by atoms with Crippen molar-refractivity contribution >= 4 is 17.8 Å². The summed E-state index contributed by atoms with van der Waals surface area (Å²) in [6.45, 7) is 2.40. The molecule has 1 aliphatic carbocycles. The van der Waals surface area contributed by atoms with Crippen molar-refractivity contribution in [2.75, 3.05) is 35.6 Å². The first-order valence-electron chi connectivity index (χ1n) is 6.91. The molecule has 0 radical (unpaired) electrons. The van der Waals surface area contributed by atoms with E-state index in [1.807, 2.05) is 0 Å². The SMILES string of the molecule is Nc1nc(NCC(O)C2CC2)nc(N2CCCC2)n1. The number of aliphatic hydroxyl groups is 1. The van der Waals surface area contributed by atoms with Gasteiger partial charge in [0.1, 0.15) is 0 Å². The molecule has 1 aromatic rings. The fraction of sp³-hybridized carbons (Fsp3) is 0.750. The van der Waals surface area contributed by atoms with Crippen molar-refractivity contribution in [1.29, 1.82) is 0 Å². The van der Waals surface area contributed by atoms with Crippen molar-refractivity contribution in [1.82, 2.24) is 15.0 Å². The number of rotatable bonds is 5. The van der Waals surface area contributed by atoms with Crippen LogP contribution in [0.3, 0.4) is 0 Å². The van der Waals surface area contributed by atoms with E-state index in [2.05, 4.69) is 25.2 Å². The van der Waals surface area contributed by atoms with E-state index >= 15 is 0 Å². The minimum absolute atomic E-state index is 0.223. The van der Waals surface area contributed by atoms with Gasteiger partial charge in [0.05, 0.1) is 6.10 Å². The van der Waals surface area contributed by atoms with Crippen LogP contribution in [0.5, 0.6) is 0 Å². The average Bonchev–Trinajstić information content (AvgIpc) is 3.10. The molecule has 19 heavy (non-hydrogen) atoms. The van der Waals surface area contributed by atoms with Crippen LogP contribution in [0.25, 0.3) is 0 Å². The van der Waals surface area contributed by atoms with Crippen LogP contribution in [-0.2, 0) is 0 Å². The quantitative estimate of drug-likeness (QED) is 0.700. The number of nitrogens with two attached hydrogens (primary N) is 1. The first kappa shape index (κ1) is 12.4. The molecule has 7 heteroatoms. The van der Waals surface area contributed by atoms with Crippen LogP contribution in [0.1, 0.15) is 25.7 Å². The molecule has 7 nitrogen and oxygen atoms in total. The molecule has 1 saturated carbocycles. The molecule has 0 amide bonds. The summed E-state index contributed by atoms with van der Waals surface area (Å²) < 4.78 is 0. The number of aliphatic hydroxyl groups excluding tert-OH is 1. The molecule has 1 atom stereocenters. The number of aromatic nitrogens is 3. The summed E-state index contributed by atoms with van der Waals surface area (Å²) in [5.74, 6) is 1.74. The van der Waals surface area contributed by atoms with Crippen LogP contribution < -0.4 is 16.0 Å². The molecule has 0 aromatic carbocycles. The number of hydrogen-bond acceptors (Lipinski definition) is 7. The van der Waals surface area contributed by atoms with Crippen LogP contribution >= 0.6 is 0 Å². The smallest absolute Gasteiger partial charge is 0.231 e. The van der Waals surface area contributed by atoms with Gasteiger partial charge in [-0.3, -0.25) is 0 Å². The highest BCUT2D eigenvalue weighted by atomic mass is 16.3. The number of nitrogen functional groups attached to an aromatic ring is 1. The lowest BCUT2D eigenvalue weighted by Gasteiger charge is -2.16. The predicted molar refractivity (Wildman–Crippen MR) is 72.9 cm³/mol. The number of hydrogen-bond donors (Lipinski definition) is 3. The van der Waals surface area contributed by atoms with Gasteiger partial charge in [-0.2, -0.15) is 15.0 Å². The second kappa shape index (κ2) is 5.16. The zero-order chi connectivity index (χ0) is 13.2. The van der Waals surface area contributed by atoms with Gasteiger partial charge in [0.15, 0.2) is 0 Å². The average molecular weight is 264 g/mol. The Labute approximate surface area is 112 Å². The van der Waals surface area contributed by atoms with E-state index < -0.39 is 0 Å². The van der Waals surface area contributed by atoms with Crippen LogP contribution in [0.4, 0.5) is 17.8 Å². The van der Waals surface area contributed by atoms with Gasteiger partial charge in [-0.25, -0.2) is 0 Å². The van der Waals surface area contributed by atoms with Crippen molar-refractivity contribution in [2.24, 2.45) is 5.92 Å². The minimum atomic E-state index is -0.326. The standard InChI is InChI=1S/C12H20N6O/c13-10-15-11(14-7-9(19)8-3-4-8)17-12(16-10)18-5-1-2-6-18/h8-9,19H,1-7H2,(H3,13,14,15,16,17). The second-order valence-corrected chi connectivity index (χ2v) is 5.30. The molecule has 1 aromatic heterocycles. The van der Waals surface area contributed by atoms with Gasteiger partial charge >= 0.3 is 0 Å². The Hall–Kier alpha value is -1.63. The Morgan fingerprint density at radius 3 is 2.68 bits per heavy atom. The van der Waals surface area contributed by atoms with Gasteiger partial charge < -0.3 is 21.1 Å². The summed E-state index contributed by atoms with van der Waals surface area (Å²) in [7, 11) is 0. The van der Waals surface area contributed by atoms with Crippen LogP contribution in [0.2, 0.25) is 0 Å². The lowest BCUT2D eigenvalue weighted by molar-refractivity contribution is 0.164. The maximum Gasteiger partial charge on any atom is 0.231 e. The highest BCUT2D eigenvalue weighted by molar-refractivity contribution is 5.42. The molecular formula is C12H20N6O. The topological polar surface area (TPSA) is 100 Å². The van der Waals surface area contributed by atoms with Gasteiger partial charge in [-0.15, -0.1) is 0 Å². The molecule has 0 bridgehead atoms. The third-order valence-corrected chi connectivity index (χ3v) is 3.67. The third-order valence-electron chi connectivity index (χ3n) is 3.67. The summed E-state index contributed by atoms with van der Waals surface area (Å²) in [5.41, 5.74) is 5.71. The molecule has 1 unspecified atom stereocenters. The zero-order valence-corrected chi connectivity index (χ0v) is 10.9. The highest BCUT2D eigenvalue weighted by Gasteiger charge is 2.29.